The molecule has 0 saturated heterocycles. The van der Waals surface area contributed by atoms with Crippen LogP contribution in [0, 0.1) is 0 Å². The molecule has 0 fully saturated rings. The number of rotatable bonds is 6. The van der Waals surface area contributed by atoms with Crippen molar-refractivity contribution in [1.29, 1.82) is 0 Å². The molecular weight excluding hydrogens is 701 g/mol. The molecule has 3 heterocycles. The minimum absolute atomic E-state index is 0.612. The van der Waals surface area contributed by atoms with E-state index in [2.05, 4.69) is 162 Å². The maximum absolute atomic E-state index is 5.27. The summed E-state index contributed by atoms with van der Waals surface area (Å²) in [5.74, 6) is 1.87. The van der Waals surface area contributed by atoms with Crippen molar-refractivity contribution < 1.29 is 0 Å². The third kappa shape index (κ3) is 5.32. The van der Waals surface area contributed by atoms with Gasteiger partial charge in [0.15, 0.2) is 17.5 Å². The number of para-hydroxylation sites is 3. The van der Waals surface area contributed by atoms with Gasteiger partial charge in [-0.15, -0.1) is 11.3 Å². The van der Waals surface area contributed by atoms with Gasteiger partial charge in [0.25, 0.3) is 0 Å². The van der Waals surface area contributed by atoms with Crippen molar-refractivity contribution in [3.8, 4) is 62.1 Å². The van der Waals surface area contributed by atoms with E-state index in [4.69, 9.17) is 15.0 Å². The molecule has 262 valence electrons. The van der Waals surface area contributed by atoms with Gasteiger partial charge in [0.05, 0.1) is 16.7 Å². The summed E-state index contributed by atoms with van der Waals surface area (Å²) in [5.41, 5.74) is 10.6. The van der Waals surface area contributed by atoms with Crippen molar-refractivity contribution in [3.63, 3.8) is 0 Å². The van der Waals surface area contributed by atoms with E-state index < -0.39 is 0 Å². The van der Waals surface area contributed by atoms with E-state index in [1.54, 1.807) is 0 Å². The molecule has 56 heavy (non-hydrogen) atoms. The maximum atomic E-state index is 5.27. The molecule has 0 saturated carbocycles. The highest BCUT2D eigenvalue weighted by molar-refractivity contribution is 7.25. The fraction of sp³-hybridized carbons (Fsp3) is 0. The minimum atomic E-state index is 0.612. The van der Waals surface area contributed by atoms with Gasteiger partial charge >= 0.3 is 0 Å². The molecular formula is C51H32N4S. The van der Waals surface area contributed by atoms with E-state index in [0.29, 0.717) is 17.5 Å². The number of thiophene rings is 1. The molecule has 3 aromatic heterocycles. The highest BCUT2D eigenvalue weighted by Gasteiger charge is 2.24. The average molecular weight is 733 g/mol. The smallest absolute Gasteiger partial charge is 0.166 e. The summed E-state index contributed by atoms with van der Waals surface area (Å²) in [6, 6.07) is 68.6. The highest BCUT2D eigenvalue weighted by atomic mass is 32.1. The number of fused-ring (bicyclic) bond motifs is 6. The van der Waals surface area contributed by atoms with Crippen molar-refractivity contribution in [2.45, 2.75) is 0 Å². The molecule has 4 nitrogen and oxygen atoms in total. The second-order valence-corrected chi connectivity index (χ2v) is 15.1. The lowest BCUT2D eigenvalue weighted by molar-refractivity contribution is 1.06. The fourth-order valence-corrected chi connectivity index (χ4v) is 9.27. The molecule has 0 unspecified atom stereocenters. The molecule has 0 spiro atoms. The zero-order valence-electron chi connectivity index (χ0n) is 30.2. The first-order valence-electron chi connectivity index (χ1n) is 18.8. The maximum Gasteiger partial charge on any atom is 0.166 e. The lowest BCUT2D eigenvalue weighted by atomic mass is 9.97. The first kappa shape index (κ1) is 32.2. The molecule has 0 N–H and O–H groups in total. The van der Waals surface area contributed by atoms with Crippen LogP contribution in [0.4, 0.5) is 0 Å². The van der Waals surface area contributed by atoms with Gasteiger partial charge in [-0.05, 0) is 35.4 Å². The molecule has 0 radical (unpaired) electrons. The second kappa shape index (κ2) is 13.3. The summed E-state index contributed by atoms with van der Waals surface area (Å²) in [6.07, 6.45) is 0. The van der Waals surface area contributed by atoms with Crippen LogP contribution in [0.15, 0.2) is 194 Å². The Hall–Kier alpha value is -7.21. The Kier molecular flexibility index (Phi) is 7.64. The molecule has 0 aliphatic heterocycles. The summed E-state index contributed by atoms with van der Waals surface area (Å²) in [6.45, 7) is 0. The van der Waals surface area contributed by atoms with Crippen LogP contribution in [0.5, 0.6) is 0 Å². The molecule has 11 aromatic rings. The highest BCUT2D eigenvalue weighted by Crippen LogP contribution is 2.45. The lowest BCUT2D eigenvalue weighted by Crippen LogP contribution is -2.05. The number of nitrogens with zero attached hydrogens (tertiary/aromatic N) is 4. The molecule has 0 aliphatic rings. The van der Waals surface area contributed by atoms with Gasteiger partial charge in [-0.1, -0.05) is 170 Å². The van der Waals surface area contributed by atoms with Gasteiger partial charge in [-0.2, -0.15) is 0 Å². The van der Waals surface area contributed by atoms with Crippen molar-refractivity contribution in [1.82, 2.24) is 19.5 Å². The molecule has 8 aromatic carbocycles. The van der Waals surface area contributed by atoms with Crippen LogP contribution in [-0.2, 0) is 0 Å². The van der Waals surface area contributed by atoms with Crippen molar-refractivity contribution in [3.05, 3.63) is 194 Å². The Labute approximate surface area is 327 Å². The fourth-order valence-electron chi connectivity index (χ4n) is 8.12. The Morgan fingerprint density at radius 3 is 1.61 bits per heavy atom. The summed E-state index contributed by atoms with van der Waals surface area (Å²) < 4.78 is 5.04. The minimum Gasteiger partial charge on any atom is -0.307 e. The van der Waals surface area contributed by atoms with Crippen LogP contribution in [0.2, 0.25) is 0 Å². The average Bonchev–Trinajstić information content (AvgIpc) is 3.82. The summed E-state index contributed by atoms with van der Waals surface area (Å²) in [4.78, 5) is 15.6. The molecule has 0 aliphatic carbocycles. The molecule has 0 bridgehead atoms. The topological polar surface area (TPSA) is 43.6 Å². The number of hydrogen-bond acceptors (Lipinski definition) is 4. The van der Waals surface area contributed by atoms with Crippen LogP contribution in [-0.4, -0.2) is 19.5 Å². The van der Waals surface area contributed by atoms with E-state index in [9.17, 15) is 0 Å². The van der Waals surface area contributed by atoms with Gasteiger partial charge < -0.3 is 4.57 Å². The summed E-state index contributed by atoms with van der Waals surface area (Å²) in [7, 11) is 0. The van der Waals surface area contributed by atoms with E-state index in [-0.39, 0.29) is 0 Å². The van der Waals surface area contributed by atoms with Crippen molar-refractivity contribution in [2.24, 2.45) is 0 Å². The van der Waals surface area contributed by atoms with E-state index in [1.165, 1.54) is 36.5 Å². The first-order valence-corrected chi connectivity index (χ1v) is 19.6. The summed E-state index contributed by atoms with van der Waals surface area (Å²) >= 11 is 1.85. The van der Waals surface area contributed by atoms with Gasteiger partial charge in [0.2, 0.25) is 0 Å². The molecule has 0 atom stereocenters. The number of hydrogen-bond donors (Lipinski definition) is 0. The third-order valence-electron chi connectivity index (χ3n) is 10.7. The standard InChI is InChI=1S/C51H32N4S/c1-4-16-33(17-5-1)37-24-15-27-43(51-53-49(34-18-6-2-7-19-34)52-50(54-51)35-20-8-3-9-21-35)48(37)55-44-28-12-10-22-39(44)42-26-14-25-38(47(42)55)36-30-31-41-40-23-11-13-29-45(40)56-46(41)32-36/h1-32H. The Morgan fingerprint density at radius 2 is 0.875 bits per heavy atom. The zero-order chi connectivity index (χ0) is 37.0. The Bertz CT molecular complexity index is 3180. The van der Waals surface area contributed by atoms with E-state index in [0.717, 1.165) is 50.1 Å². The predicted octanol–water partition coefficient (Wildman–Crippen LogP) is 13.7. The van der Waals surface area contributed by atoms with Gasteiger partial charge in [0.1, 0.15) is 0 Å². The Balaban J connectivity index is 1.25. The summed E-state index contributed by atoms with van der Waals surface area (Å²) in [5, 5.41) is 4.97. The van der Waals surface area contributed by atoms with E-state index in [1.807, 2.05) is 47.7 Å². The normalized spacial score (nSPS) is 11.6. The predicted molar refractivity (Wildman–Crippen MR) is 234 cm³/mol. The molecule has 5 heteroatoms. The molecule has 11 rings (SSSR count). The second-order valence-electron chi connectivity index (χ2n) is 14.0. The number of aromatic nitrogens is 4. The van der Waals surface area contributed by atoms with Crippen LogP contribution in [0.3, 0.4) is 0 Å². The SMILES string of the molecule is c1ccc(-c2nc(-c3ccccc3)nc(-c3cccc(-c4ccccc4)c3-n3c4ccccc4c4cccc(-c5ccc6c(c5)sc5ccccc56)c43)n2)cc1. The quantitative estimate of drug-likeness (QED) is 0.171. The largest absolute Gasteiger partial charge is 0.307 e. The van der Waals surface area contributed by atoms with Crippen LogP contribution < -0.4 is 0 Å². The first-order chi connectivity index (χ1) is 27.8. The monoisotopic (exact) mass is 732 g/mol. The van der Waals surface area contributed by atoms with E-state index >= 15 is 0 Å². The lowest BCUT2D eigenvalue weighted by Gasteiger charge is -2.20. The van der Waals surface area contributed by atoms with Gasteiger partial charge in [0, 0.05) is 58.8 Å². The van der Waals surface area contributed by atoms with Crippen molar-refractivity contribution in [2.75, 3.05) is 0 Å². The Morgan fingerprint density at radius 1 is 0.339 bits per heavy atom. The van der Waals surface area contributed by atoms with Crippen LogP contribution in [0.1, 0.15) is 0 Å². The van der Waals surface area contributed by atoms with Crippen molar-refractivity contribution >= 4 is 53.3 Å². The van der Waals surface area contributed by atoms with Crippen LogP contribution >= 0.6 is 11.3 Å². The van der Waals surface area contributed by atoms with Gasteiger partial charge in [-0.25, -0.2) is 15.0 Å². The third-order valence-corrected chi connectivity index (χ3v) is 11.8. The molecule has 0 amide bonds. The number of benzene rings is 8. The zero-order valence-corrected chi connectivity index (χ0v) is 31.0. The van der Waals surface area contributed by atoms with Gasteiger partial charge in [-0.3, -0.25) is 0 Å². The van der Waals surface area contributed by atoms with Crippen LogP contribution in [0.25, 0.3) is 104 Å².